The Morgan fingerprint density at radius 2 is 0.364 bits per heavy atom. The molecule has 0 bridgehead atoms. The normalized spacial score (nSPS) is 11.6. The van der Waals surface area contributed by atoms with Crippen molar-refractivity contribution in [2.75, 3.05) is 0 Å². The van der Waals surface area contributed by atoms with E-state index in [1.807, 2.05) is 0 Å². The van der Waals surface area contributed by atoms with Crippen molar-refractivity contribution in [3.8, 4) is 0 Å². The quantitative estimate of drug-likeness (QED) is 0.180. The van der Waals surface area contributed by atoms with E-state index >= 15 is 0 Å². The molecule has 0 radical (unpaired) electrons. The zero-order valence-electron chi connectivity index (χ0n) is 24.6. The second kappa shape index (κ2) is 12.3. The second-order valence-corrected chi connectivity index (χ2v) is 18.9. The highest BCUT2D eigenvalue weighted by Crippen LogP contribution is 2.13. The lowest BCUT2D eigenvalue weighted by Crippen LogP contribution is -2.77. The van der Waals surface area contributed by atoms with Crippen molar-refractivity contribution in [2.24, 2.45) is 0 Å². The van der Waals surface area contributed by atoms with Crippen LogP contribution >= 0.6 is 0 Å². The summed E-state index contributed by atoms with van der Waals surface area (Å²) in [6.45, 7) is 0. The Labute approximate surface area is 263 Å². The van der Waals surface area contributed by atoms with E-state index in [2.05, 4.69) is 206 Å². The van der Waals surface area contributed by atoms with Gasteiger partial charge >= 0.3 is 0 Å². The third kappa shape index (κ3) is 4.69. The molecule has 44 heavy (non-hydrogen) atoms. The van der Waals surface area contributed by atoms with E-state index in [1.165, 1.54) is 41.5 Å². The van der Waals surface area contributed by atoms with E-state index < -0.39 is 16.1 Å². The van der Waals surface area contributed by atoms with Gasteiger partial charge in [-0.15, -0.1) is 0 Å². The molecule has 0 aliphatic carbocycles. The van der Waals surface area contributed by atoms with Crippen LogP contribution in [0.4, 0.5) is 0 Å². The predicted octanol–water partition coefficient (Wildman–Crippen LogP) is 4.44. The highest BCUT2D eigenvalue weighted by Gasteiger charge is 2.45. The van der Waals surface area contributed by atoms with Crippen molar-refractivity contribution in [3.63, 3.8) is 0 Å². The molecule has 2 heteroatoms. The standard InChI is InChI=1S/C42H34Si2/c1-7-20-35(21-8-1)43(36-22-9-2-10-23-36,37-24-11-3-12-25-37)41-32-19-33-42(34-41)44(38-26-13-4-14-27-38,39-28-15-5-16-29-39)40-30-17-6-18-31-40/h1-34H. The average molecular weight is 595 g/mol. The number of rotatable bonds is 8. The maximum absolute atomic E-state index is 2.69. The highest BCUT2D eigenvalue weighted by molar-refractivity contribution is 7.22. The molecule has 0 spiro atoms. The average Bonchev–Trinajstić information content (AvgIpc) is 3.12. The zero-order chi connectivity index (χ0) is 29.7. The van der Waals surface area contributed by atoms with Crippen molar-refractivity contribution in [3.05, 3.63) is 206 Å². The summed E-state index contributed by atoms with van der Waals surface area (Å²) in [7, 11) is -5.38. The van der Waals surface area contributed by atoms with Crippen LogP contribution in [0.25, 0.3) is 0 Å². The molecule has 0 amide bonds. The van der Waals surface area contributed by atoms with E-state index in [0.717, 1.165) is 0 Å². The molecule has 0 aliphatic heterocycles. The topological polar surface area (TPSA) is 0 Å². The Balaban J connectivity index is 1.61. The zero-order valence-corrected chi connectivity index (χ0v) is 26.6. The monoisotopic (exact) mass is 594 g/mol. The van der Waals surface area contributed by atoms with Gasteiger partial charge in [-0.3, -0.25) is 0 Å². The SMILES string of the molecule is c1ccc([Si](c2ccccc2)(c2ccccc2)c2cccc([Si](c3ccccc3)(c3ccccc3)c3ccccc3)c2)cc1. The van der Waals surface area contributed by atoms with E-state index in [-0.39, 0.29) is 0 Å². The summed E-state index contributed by atoms with van der Waals surface area (Å²) in [5.41, 5.74) is 0. The third-order valence-electron chi connectivity index (χ3n) is 8.97. The molecule has 0 aromatic heterocycles. The Morgan fingerprint density at radius 3 is 0.568 bits per heavy atom. The van der Waals surface area contributed by atoms with Gasteiger partial charge < -0.3 is 0 Å². The Bertz CT molecular complexity index is 1590. The fourth-order valence-corrected chi connectivity index (χ4v) is 16.9. The predicted molar refractivity (Wildman–Crippen MR) is 194 cm³/mol. The fourth-order valence-electron chi connectivity index (χ4n) is 7.11. The van der Waals surface area contributed by atoms with Crippen LogP contribution in [0.15, 0.2) is 206 Å². The van der Waals surface area contributed by atoms with Crippen LogP contribution in [-0.4, -0.2) is 16.1 Å². The summed E-state index contributed by atoms with van der Waals surface area (Å²) in [5.74, 6) is 0. The van der Waals surface area contributed by atoms with Crippen LogP contribution in [0.1, 0.15) is 0 Å². The van der Waals surface area contributed by atoms with Gasteiger partial charge in [0.25, 0.3) is 0 Å². The van der Waals surface area contributed by atoms with Crippen molar-refractivity contribution >= 4 is 57.6 Å². The van der Waals surface area contributed by atoms with Crippen LogP contribution in [0.2, 0.25) is 0 Å². The third-order valence-corrected chi connectivity index (χ3v) is 18.5. The molecule has 0 N–H and O–H groups in total. The Kier molecular flexibility index (Phi) is 7.77. The van der Waals surface area contributed by atoms with Crippen molar-refractivity contribution in [2.45, 2.75) is 0 Å². The summed E-state index contributed by atoms with van der Waals surface area (Å²) in [6, 6.07) is 77.0. The first kappa shape index (κ1) is 27.8. The minimum atomic E-state index is -2.69. The molecule has 0 saturated heterocycles. The Morgan fingerprint density at radius 1 is 0.182 bits per heavy atom. The summed E-state index contributed by atoms with van der Waals surface area (Å²) >= 11 is 0. The number of benzene rings is 7. The molecule has 0 heterocycles. The van der Waals surface area contributed by atoms with Gasteiger partial charge in [0.05, 0.1) is 0 Å². The molecular formula is C42H34Si2. The molecule has 7 aromatic rings. The maximum atomic E-state index is 2.58. The van der Waals surface area contributed by atoms with E-state index in [4.69, 9.17) is 0 Å². The lowest BCUT2D eigenvalue weighted by atomic mass is 10.3. The molecule has 0 fully saturated rings. The molecule has 0 unspecified atom stereocenters. The molecule has 7 rings (SSSR count). The van der Waals surface area contributed by atoms with Crippen LogP contribution in [-0.2, 0) is 0 Å². The molecular weight excluding hydrogens is 561 g/mol. The highest BCUT2D eigenvalue weighted by atomic mass is 28.3. The van der Waals surface area contributed by atoms with Gasteiger partial charge in [0.1, 0.15) is 0 Å². The molecule has 0 atom stereocenters. The summed E-state index contributed by atoms with van der Waals surface area (Å²) in [5, 5.41) is 11.1. The summed E-state index contributed by atoms with van der Waals surface area (Å²) < 4.78 is 0. The van der Waals surface area contributed by atoms with E-state index in [0.29, 0.717) is 0 Å². The van der Waals surface area contributed by atoms with Gasteiger partial charge in [0, 0.05) is 0 Å². The van der Waals surface area contributed by atoms with Gasteiger partial charge in [-0.1, -0.05) is 206 Å². The summed E-state index contributed by atoms with van der Waals surface area (Å²) in [6.07, 6.45) is 0. The van der Waals surface area contributed by atoms with Gasteiger partial charge in [-0.05, 0) is 41.5 Å². The smallest absolute Gasteiger partial charge is 0.0624 e. The van der Waals surface area contributed by atoms with Gasteiger partial charge in [0.2, 0.25) is 0 Å². The van der Waals surface area contributed by atoms with Gasteiger partial charge in [0.15, 0.2) is 16.1 Å². The lowest BCUT2D eigenvalue weighted by Gasteiger charge is -2.38. The van der Waals surface area contributed by atoms with Crippen molar-refractivity contribution in [1.82, 2.24) is 0 Å². The van der Waals surface area contributed by atoms with Crippen LogP contribution < -0.4 is 41.5 Å². The van der Waals surface area contributed by atoms with Crippen LogP contribution in [0.3, 0.4) is 0 Å². The number of hydrogen-bond donors (Lipinski definition) is 0. The first-order chi connectivity index (χ1) is 21.8. The lowest BCUT2D eigenvalue weighted by molar-refractivity contribution is 1.65. The van der Waals surface area contributed by atoms with Crippen LogP contribution in [0.5, 0.6) is 0 Å². The first-order valence-corrected chi connectivity index (χ1v) is 19.3. The summed E-state index contributed by atoms with van der Waals surface area (Å²) in [4.78, 5) is 0. The molecule has 0 aliphatic rings. The maximum Gasteiger partial charge on any atom is 0.179 e. The number of hydrogen-bond acceptors (Lipinski definition) is 0. The van der Waals surface area contributed by atoms with E-state index in [1.54, 1.807) is 0 Å². The van der Waals surface area contributed by atoms with Crippen molar-refractivity contribution < 1.29 is 0 Å². The molecule has 0 nitrogen and oxygen atoms in total. The first-order valence-electron chi connectivity index (χ1n) is 15.3. The van der Waals surface area contributed by atoms with Crippen LogP contribution in [0, 0.1) is 0 Å². The fraction of sp³-hybridized carbons (Fsp3) is 0. The molecule has 210 valence electrons. The van der Waals surface area contributed by atoms with Gasteiger partial charge in [-0.2, -0.15) is 0 Å². The molecule has 0 saturated carbocycles. The minimum absolute atomic E-state index is 1.39. The second-order valence-electron chi connectivity index (χ2n) is 11.3. The largest absolute Gasteiger partial charge is 0.179 e. The Hall–Kier alpha value is -5.03. The minimum Gasteiger partial charge on any atom is -0.0624 e. The van der Waals surface area contributed by atoms with Crippen molar-refractivity contribution in [1.29, 1.82) is 0 Å². The van der Waals surface area contributed by atoms with E-state index in [9.17, 15) is 0 Å². The molecule has 7 aromatic carbocycles. The van der Waals surface area contributed by atoms with Gasteiger partial charge in [-0.25, -0.2) is 0 Å².